The second-order valence-electron chi connectivity index (χ2n) is 3.24. The lowest BCUT2D eigenvalue weighted by Gasteiger charge is -2.04. The van der Waals surface area contributed by atoms with Crippen molar-refractivity contribution in [2.45, 2.75) is 13.0 Å². The molecule has 0 unspecified atom stereocenters. The molecule has 0 bridgehead atoms. The summed E-state index contributed by atoms with van der Waals surface area (Å²) >= 11 is 0. The van der Waals surface area contributed by atoms with Crippen LogP contribution in [-0.4, -0.2) is 36.4 Å². The summed E-state index contributed by atoms with van der Waals surface area (Å²) in [5.41, 5.74) is 0. The zero-order chi connectivity index (χ0) is 12.0. The first-order valence-electron chi connectivity index (χ1n) is 4.72. The van der Waals surface area contributed by atoms with Crippen molar-refractivity contribution >= 4 is 15.9 Å². The Balaban J connectivity index is 2.17. The molecule has 8 heteroatoms. The van der Waals surface area contributed by atoms with Crippen molar-refractivity contribution in [1.29, 1.82) is 0 Å². The number of nitrogens with two attached hydrogens (primary N) is 1. The molecule has 0 aliphatic heterocycles. The van der Waals surface area contributed by atoms with E-state index in [2.05, 4.69) is 10.4 Å². The van der Waals surface area contributed by atoms with Crippen LogP contribution in [0, 0.1) is 0 Å². The number of rotatable bonds is 6. The van der Waals surface area contributed by atoms with E-state index in [1.165, 1.54) is 0 Å². The maximum Gasteiger partial charge on any atom is 0.221 e. The van der Waals surface area contributed by atoms with Gasteiger partial charge in [-0.2, -0.15) is 5.10 Å². The Morgan fingerprint density at radius 2 is 2.25 bits per heavy atom. The zero-order valence-corrected chi connectivity index (χ0v) is 9.48. The monoisotopic (exact) mass is 246 g/mol. The highest BCUT2D eigenvalue weighted by atomic mass is 32.2. The third-order valence-electron chi connectivity index (χ3n) is 1.84. The van der Waals surface area contributed by atoms with Crippen LogP contribution >= 0.6 is 0 Å². The molecule has 1 aromatic rings. The molecule has 1 rings (SSSR count). The van der Waals surface area contributed by atoms with Gasteiger partial charge in [0.1, 0.15) is 0 Å². The summed E-state index contributed by atoms with van der Waals surface area (Å²) in [7, 11) is -3.51. The minimum absolute atomic E-state index is 0.0385. The van der Waals surface area contributed by atoms with Crippen LogP contribution < -0.4 is 10.5 Å². The summed E-state index contributed by atoms with van der Waals surface area (Å²) in [6, 6.07) is 1.76. The molecule has 16 heavy (non-hydrogen) atoms. The van der Waals surface area contributed by atoms with Gasteiger partial charge >= 0.3 is 0 Å². The lowest BCUT2D eigenvalue weighted by Crippen LogP contribution is -2.31. The smallest absolute Gasteiger partial charge is 0.221 e. The highest BCUT2D eigenvalue weighted by molar-refractivity contribution is 7.89. The summed E-state index contributed by atoms with van der Waals surface area (Å²) in [5, 5.41) is 11.2. The molecule has 90 valence electrons. The fourth-order valence-electron chi connectivity index (χ4n) is 1.07. The second kappa shape index (κ2) is 5.61. The Hall–Kier alpha value is -1.41. The van der Waals surface area contributed by atoms with Crippen LogP contribution in [0.3, 0.4) is 0 Å². The predicted molar refractivity (Wildman–Crippen MR) is 57.8 cm³/mol. The van der Waals surface area contributed by atoms with Gasteiger partial charge in [-0.05, 0) is 6.07 Å². The van der Waals surface area contributed by atoms with Crippen LogP contribution in [0.2, 0.25) is 0 Å². The molecule has 0 atom stereocenters. The van der Waals surface area contributed by atoms with Crippen LogP contribution in [0.25, 0.3) is 0 Å². The van der Waals surface area contributed by atoms with E-state index in [1.807, 2.05) is 0 Å². The number of nitrogens with one attached hydrogen (secondary N) is 1. The number of primary sulfonamides is 1. The summed E-state index contributed by atoms with van der Waals surface area (Å²) in [6.07, 6.45) is 3.63. The first kappa shape index (κ1) is 12.7. The fourth-order valence-corrected chi connectivity index (χ4v) is 1.46. The average molecular weight is 246 g/mol. The number of nitrogens with zero attached hydrogens (tertiary/aromatic N) is 2. The number of hydrogen-bond acceptors (Lipinski definition) is 4. The number of hydrogen-bond donors (Lipinski definition) is 2. The highest BCUT2D eigenvalue weighted by Gasteiger charge is 2.05. The average Bonchev–Trinajstić information content (AvgIpc) is 2.65. The van der Waals surface area contributed by atoms with E-state index >= 15 is 0 Å². The van der Waals surface area contributed by atoms with Crippen LogP contribution in [0.5, 0.6) is 0 Å². The lowest BCUT2D eigenvalue weighted by molar-refractivity contribution is -0.121. The van der Waals surface area contributed by atoms with Crippen LogP contribution in [0.1, 0.15) is 6.42 Å². The molecule has 3 N–H and O–H groups in total. The quantitative estimate of drug-likeness (QED) is 0.649. The molecular formula is C8H14N4O3S. The van der Waals surface area contributed by atoms with E-state index in [-0.39, 0.29) is 24.6 Å². The molecule has 1 aromatic heterocycles. The summed E-state index contributed by atoms with van der Waals surface area (Å²) in [4.78, 5) is 11.2. The van der Waals surface area contributed by atoms with Crippen molar-refractivity contribution in [1.82, 2.24) is 15.1 Å². The second-order valence-corrected chi connectivity index (χ2v) is 4.97. The predicted octanol–water partition coefficient (Wildman–Crippen LogP) is -1.32. The zero-order valence-electron chi connectivity index (χ0n) is 8.67. The number of sulfonamides is 1. The van der Waals surface area contributed by atoms with E-state index < -0.39 is 10.0 Å². The van der Waals surface area contributed by atoms with Crippen molar-refractivity contribution in [2.24, 2.45) is 5.14 Å². The summed E-state index contributed by atoms with van der Waals surface area (Å²) < 4.78 is 22.8. The normalized spacial score (nSPS) is 11.3. The first-order valence-corrected chi connectivity index (χ1v) is 6.43. The maximum atomic E-state index is 11.2. The number of carbonyl (C=O) groups excluding carboxylic acids is 1. The Morgan fingerprint density at radius 3 is 2.81 bits per heavy atom. The van der Waals surface area contributed by atoms with Gasteiger partial charge < -0.3 is 5.32 Å². The van der Waals surface area contributed by atoms with Gasteiger partial charge in [-0.1, -0.05) is 0 Å². The molecule has 7 nitrogen and oxygen atoms in total. The summed E-state index contributed by atoms with van der Waals surface area (Å²) in [5.74, 6) is -0.473. The Bertz CT molecular complexity index is 426. The first-order chi connectivity index (χ1) is 7.47. The third-order valence-corrected chi connectivity index (χ3v) is 2.61. The SMILES string of the molecule is NS(=O)(=O)CCNC(=O)CCn1cccn1. The maximum absolute atomic E-state index is 11.2. The lowest BCUT2D eigenvalue weighted by atomic mass is 10.4. The van der Waals surface area contributed by atoms with Gasteiger partial charge in [0.05, 0.1) is 5.75 Å². The molecule has 0 aliphatic carbocycles. The molecule has 0 saturated heterocycles. The van der Waals surface area contributed by atoms with Gasteiger partial charge in [-0.15, -0.1) is 0 Å². The number of carbonyl (C=O) groups is 1. The van der Waals surface area contributed by atoms with E-state index in [0.29, 0.717) is 6.54 Å². The minimum atomic E-state index is -3.51. The molecule has 0 saturated carbocycles. The van der Waals surface area contributed by atoms with Crippen LogP contribution in [0.4, 0.5) is 0 Å². The molecule has 0 spiro atoms. The Labute approximate surface area is 93.7 Å². The van der Waals surface area contributed by atoms with Gasteiger partial charge in [-0.3, -0.25) is 9.48 Å². The minimum Gasteiger partial charge on any atom is -0.355 e. The van der Waals surface area contributed by atoms with Gasteiger partial charge in [0.25, 0.3) is 0 Å². The standard InChI is InChI=1S/C8H14N4O3S/c9-16(14,15)7-4-10-8(13)2-6-12-5-1-3-11-12/h1,3,5H,2,4,6-7H2,(H,10,13)(H2,9,14,15). The van der Waals surface area contributed by atoms with Gasteiger partial charge in [0.2, 0.25) is 15.9 Å². The Kier molecular flexibility index (Phi) is 4.44. The van der Waals surface area contributed by atoms with E-state index in [0.717, 1.165) is 0 Å². The van der Waals surface area contributed by atoms with Gasteiger partial charge in [0.15, 0.2) is 0 Å². The van der Waals surface area contributed by atoms with Crippen molar-refractivity contribution < 1.29 is 13.2 Å². The molecule has 1 heterocycles. The van der Waals surface area contributed by atoms with Crippen molar-refractivity contribution in [2.75, 3.05) is 12.3 Å². The van der Waals surface area contributed by atoms with E-state index in [9.17, 15) is 13.2 Å². The van der Waals surface area contributed by atoms with Crippen molar-refractivity contribution in [3.63, 3.8) is 0 Å². The molecule has 1 amide bonds. The number of aryl methyl sites for hydroxylation is 1. The van der Waals surface area contributed by atoms with Crippen molar-refractivity contribution in [3.05, 3.63) is 18.5 Å². The molecule has 0 aromatic carbocycles. The van der Waals surface area contributed by atoms with Gasteiger partial charge in [-0.25, -0.2) is 13.6 Å². The molecule has 0 radical (unpaired) electrons. The summed E-state index contributed by atoms with van der Waals surface area (Å²) in [6.45, 7) is 0.505. The number of amides is 1. The van der Waals surface area contributed by atoms with E-state index in [4.69, 9.17) is 5.14 Å². The van der Waals surface area contributed by atoms with Crippen molar-refractivity contribution in [3.8, 4) is 0 Å². The third kappa shape index (κ3) is 5.47. The molecular weight excluding hydrogens is 232 g/mol. The Morgan fingerprint density at radius 1 is 1.50 bits per heavy atom. The van der Waals surface area contributed by atoms with E-state index in [1.54, 1.807) is 23.1 Å². The molecule has 0 aliphatic rings. The highest BCUT2D eigenvalue weighted by Crippen LogP contribution is 1.89. The molecule has 0 fully saturated rings. The fraction of sp³-hybridized carbons (Fsp3) is 0.500. The van der Waals surface area contributed by atoms with Gasteiger partial charge in [0, 0.05) is 31.9 Å². The van der Waals surface area contributed by atoms with Crippen LogP contribution in [-0.2, 0) is 21.4 Å². The van der Waals surface area contributed by atoms with Crippen LogP contribution in [0.15, 0.2) is 18.5 Å². The topological polar surface area (TPSA) is 107 Å². The largest absolute Gasteiger partial charge is 0.355 e. The number of aromatic nitrogens is 2.